The highest BCUT2D eigenvalue weighted by molar-refractivity contribution is 7.89. The Morgan fingerprint density at radius 1 is 1.10 bits per heavy atom. The highest BCUT2D eigenvalue weighted by Gasteiger charge is 2.37. The van der Waals surface area contributed by atoms with E-state index in [9.17, 15) is 8.42 Å². The molecule has 0 heterocycles. The van der Waals surface area contributed by atoms with Gasteiger partial charge in [0.25, 0.3) is 0 Å². The summed E-state index contributed by atoms with van der Waals surface area (Å²) in [4.78, 5) is 0. The third kappa shape index (κ3) is 5.22. The lowest BCUT2D eigenvalue weighted by Crippen LogP contribution is -2.41. The van der Waals surface area contributed by atoms with Gasteiger partial charge < -0.3 is 4.74 Å². The topological polar surface area (TPSA) is 69.4 Å². The Labute approximate surface area is 129 Å². The van der Waals surface area contributed by atoms with Crippen molar-refractivity contribution >= 4 is 10.0 Å². The van der Waals surface area contributed by atoms with Crippen LogP contribution in [0.4, 0.5) is 0 Å². The summed E-state index contributed by atoms with van der Waals surface area (Å²) in [6.07, 6.45) is 11.7. The monoisotopic (exact) mass is 317 g/mol. The molecule has 0 radical (unpaired) electrons. The third-order valence-corrected chi connectivity index (χ3v) is 6.40. The second-order valence-electron chi connectivity index (χ2n) is 7.17. The molecule has 2 rings (SSSR count). The van der Waals surface area contributed by atoms with E-state index in [1.807, 2.05) is 0 Å². The molecule has 0 aromatic heterocycles. The lowest BCUT2D eigenvalue weighted by Gasteiger charge is -2.39. The van der Waals surface area contributed by atoms with Crippen molar-refractivity contribution in [3.63, 3.8) is 0 Å². The molecular weight excluding hydrogens is 286 g/mol. The van der Waals surface area contributed by atoms with E-state index in [2.05, 4.69) is 6.92 Å². The molecule has 21 heavy (non-hydrogen) atoms. The SMILES string of the molecule is CCC1CCCCC1OCC1(CS(N)(=O)=O)CCCCC1. The smallest absolute Gasteiger partial charge is 0.209 e. The Morgan fingerprint density at radius 3 is 2.38 bits per heavy atom. The van der Waals surface area contributed by atoms with Gasteiger partial charge in [0.2, 0.25) is 10.0 Å². The molecule has 0 spiro atoms. The molecule has 0 bridgehead atoms. The number of hydrogen-bond acceptors (Lipinski definition) is 3. The average Bonchev–Trinajstić information content (AvgIpc) is 2.45. The average molecular weight is 317 g/mol. The van der Waals surface area contributed by atoms with Crippen LogP contribution in [0.3, 0.4) is 0 Å². The van der Waals surface area contributed by atoms with E-state index in [0.717, 1.165) is 38.5 Å². The summed E-state index contributed by atoms with van der Waals surface area (Å²) >= 11 is 0. The van der Waals surface area contributed by atoms with Crippen LogP contribution in [0.2, 0.25) is 0 Å². The minimum absolute atomic E-state index is 0.0868. The van der Waals surface area contributed by atoms with Gasteiger partial charge in [0, 0.05) is 5.41 Å². The van der Waals surface area contributed by atoms with Crippen LogP contribution in [0.5, 0.6) is 0 Å². The zero-order chi connectivity index (χ0) is 15.3. The first-order valence-electron chi connectivity index (χ1n) is 8.56. The van der Waals surface area contributed by atoms with E-state index >= 15 is 0 Å². The van der Waals surface area contributed by atoms with E-state index < -0.39 is 10.0 Å². The molecule has 2 N–H and O–H groups in total. The Bertz CT molecular complexity index is 415. The summed E-state index contributed by atoms with van der Waals surface area (Å²) in [6, 6.07) is 0. The highest BCUT2D eigenvalue weighted by atomic mass is 32.2. The number of sulfonamides is 1. The van der Waals surface area contributed by atoms with Crippen molar-refractivity contribution in [2.24, 2.45) is 16.5 Å². The van der Waals surface area contributed by atoms with Gasteiger partial charge in [0.1, 0.15) is 0 Å². The van der Waals surface area contributed by atoms with Gasteiger partial charge in [0.15, 0.2) is 0 Å². The molecule has 2 atom stereocenters. The molecule has 2 saturated carbocycles. The number of nitrogens with two attached hydrogens (primary N) is 1. The first kappa shape index (κ1) is 17.2. The molecule has 2 fully saturated rings. The van der Waals surface area contributed by atoms with E-state index in [4.69, 9.17) is 9.88 Å². The van der Waals surface area contributed by atoms with Crippen LogP contribution in [-0.2, 0) is 14.8 Å². The number of ether oxygens (including phenoxy) is 1. The van der Waals surface area contributed by atoms with Gasteiger partial charge in [-0.2, -0.15) is 0 Å². The van der Waals surface area contributed by atoms with E-state index in [-0.39, 0.29) is 11.2 Å². The van der Waals surface area contributed by atoms with E-state index in [1.54, 1.807) is 0 Å². The lowest BCUT2D eigenvalue weighted by atomic mass is 9.76. The molecule has 0 amide bonds. The molecule has 0 saturated heterocycles. The molecule has 2 aliphatic rings. The molecular formula is C16H31NO3S. The molecule has 0 aromatic carbocycles. The highest BCUT2D eigenvalue weighted by Crippen LogP contribution is 2.39. The summed E-state index contributed by atoms with van der Waals surface area (Å²) in [7, 11) is -3.43. The van der Waals surface area contributed by atoms with E-state index in [0.29, 0.717) is 18.6 Å². The molecule has 0 aliphatic heterocycles. The number of hydrogen-bond donors (Lipinski definition) is 1. The van der Waals surface area contributed by atoms with Crippen molar-refractivity contribution in [1.29, 1.82) is 0 Å². The fourth-order valence-electron chi connectivity index (χ4n) is 4.20. The zero-order valence-electron chi connectivity index (χ0n) is 13.4. The maximum atomic E-state index is 11.6. The van der Waals surface area contributed by atoms with Gasteiger partial charge in [-0.25, -0.2) is 13.6 Å². The Morgan fingerprint density at radius 2 is 1.76 bits per heavy atom. The quantitative estimate of drug-likeness (QED) is 0.818. The maximum absolute atomic E-state index is 11.6. The molecule has 124 valence electrons. The molecule has 4 nitrogen and oxygen atoms in total. The Balaban J connectivity index is 1.98. The van der Waals surface area contributed by atoms with Crippen molar-refractivity contribution in [2.45, 2.75) is 77.2 Å². The fourth-order valence-corrected chi connectivity index (χ4v) is 5.43. The van der Waals surface area contributed by atoms with Gasteiger partial charge in [0.05, 0.1) is 18.5 Å². The third-order valence-electron chi connectivity index (χ3n) is 5.39. The van der Waals surface area contributed by atoms with Crippen LogP contribution in [0.15, 0.2) is 0 Å². The van der Waals surface area contributed by atoms with Crippen molar-refractivity contribution in [2.75, 3.05) is 12.4 Å². The predicted molar refractivity (Wildman–Crippen MR) is 85.5 cm³/mol. The summed E-state index contributed by atoms with van der Waals surface area (Å²) in [5, 5.41) is 5.33. The van der Waals surface area contributed by atoms with Gasteiger partial charge in [-0.15, -0.1) is 0 Å². The van der Waals surface area contributed by atoms with Crippen molar-refractivity contribution in [1.82, 2.24) is 0 Å². The van der Waals surface area contributed by atoms with Crippen LogP contribution in [0.1, 0.15) is 71.1 Å². The molecule has 2 unspecified atom stereocenters. The van der Waals surface area contributed by atoms with Gasteiger partial charge in [-0.05, 0) is 31.6 Å². The predicted octanol–water partition coefficient (Wildman–Crippen LogP) is 3.21. The van der Waals surface area contributed by atoms with Crippen molar-refractivity contribution < 1.29 is 13.2 Å². The van der Waals surface area contributed by atoms with Gasteiger partial charge in [-0.3, -0.25) is 0 Å². The number of rotatable bonds is 6. The minimum atomic E-state index is -3.43. The lowest BCUT2D eigenvalue weighted by molar-refractivity contribution is -0.0574. The summed E-state index contributed by atoms with van der Waals surface area (Å²) in [6.45, 7) is 2.80. The van der Waals surface area contributed by atoms with Crippen molar-refractivity contribution in [3.8, 4) is 0 Å². The van der Waals surface area contributed by atoms with Crippen LogP contribution in [0.25, 0.3) is 0 Å². The second kappa shape index (κ2) is 7.42. The second-order valence-corrected chi connectivity index (χ2v) is 8.78. The molecule has 0 aromatic rings. The summed E-state index contributed by atoms with van der Waals surface area (Å²) in [5.41, 5.74) is -0.235. The van der Waals surface area contributed by atoms with Crippen LogP contribution in [0, 0.1) is 11.3 Å². The van der Waals surface area contributed by atoms with Crippen LogP contribution >= 0.6 is 0 Å². The van der Waals surface area contributed by atoms with Crippen LogP contribution in [-0.4, -0.2) is 26.9 Å². The normalized spacial score (nSPS) is 30.2. The Kier molecular flexibility index (Phi) is 6.09. The van der Waals surface area contributed by atoms with Crippen LogP contribution < -0.4 is 5.14 Å². The zero-order valence-corrected chi connectivity index (χ0v) is 14.2. The summed E-state index contributed by atoms with van der Waals surface area (Å²) < 4.78 is 29.5. The first-order chi connectivity index (χ1) is 9.94. The fraction of sp³-hybridized carbons (Fsp3) is 1.00. The van der Waals surface area contributed by atoms with Gasteiger partial charge in [-0.1, -0.05) is 45.4 Å². The van der Waals surface area contributed by atoms with E-state index in [1.165, 1.54) is 25.7 Å². The summed E-state index contributed by atoms with van der Waals surface area (Å²) in [5.74, 6) is 0.734. The molecule has 2 aliphatic carbocycles. The van der Waals surface area contributed by atoms with Crippen molar-refractivity contribution in [3.05, 3.63) is 0 Å². The largest absolute Gasteiger partial charge is 0.377 e. The first-order valence-corrected chi connectivity index (χ1v) is 10.3. The standard InChI is InChI=1S/C16H31NO3S/c1-2-14-8-4-5-9-15(14)20-12-16(13-21(17,18)19)10-6-3-7-11-16/h14-15H,2-13H2,1H3,(H2,17,18,19). The Hall–Kier alpha value is -0.130. The minimum Gasteiger partial charge on any atom is -0.377 e. The number of primary sulfonamides is 1. The van der Waals surface area contributed by atoms with Gasteiger partial charge >= 0.3 is 0 Å². The molecule has 5 heteroatoms. The maximum Gasteiger partial charge on any atom is 0.209 e.